The predicted octanol–water partition coefficient (Wildman–Crippen LogP) is 0.633. The molecule has 2 saturated heterocycles. The number of ether oxygens (including phenoxy) is 2. The Bertz CT molecular complexity index is 1070. The van der Waals surface area contributed by atoms with E-state index in [0.717, 1.165) is 23.6 Å². The zero-order valence-corrected chi connectivity index (χ0v) is 20.4. The molecule has 188 valence electrons. The summed E-state index contributed by atoms with van der Waals surface area (Å²) in [4.78, 5) is 28.4. The van der Waals surface area contributed by atoms with Crippen molar-refractivity contribution in [1.82, 2.24) is 14.6 Å². The fourth-order valence-corrected chi connectivity index (χ4v) is 5.71. The van der Waals surface area contributed by atoms with Crippen molar-refractivity contribution in [2.75, 3.05) is 18.9 Å². The maximum atomic E-state index is 13.3. The van der Waals surface area contributed by atoms with Gasteiger partial charge in [-0.3, -0.25) is 18.4 Å². The summed E-state index contributed by atoms with van der Waals surface area (Å²) in [7, 11) is -4.14. The molecule has 34 heavy (non-hydrogen) atoms. The van der Waals surface area contributed by atoms with E-state index in [9.17, 15) is 24.5 Å². The maximum absolute atomic E-state index is 13.3. The summed E-state index contributed by atoms with van der Waals surface area (Å²) in [6.45, 7) is 6.52. The van der Waals surface area contributed by atoms with Crippen LogP contribution in [0.3, 0.4) is 0 Å². The van der Waals surface area contributed by atoms with Gasteiger partial charge >= 0.3 is 19.4 Å². The molecule has 0 saturated carbocycles. The van der Waals surface area contributed by atoms with Crippen LogP contribution in [0.15, 0.2) is 17.1 Å². The second kappa shape index (κ2) is 9.73. The molecule has 0 radical (unpaired) electrons. The van der Waals surface area contributed by atoms with Crippen LogP contribution in [0.25, 0.3) is 0 Å². The van der Waals surface area contributed by atoms with Gasteiger partial charge in [0.15, 0.2) is 5.60 Å². The number of nitrogens with zero attached hydrogens (tertiary/aromatic N) is 3. The highest BCUT2D eigenvalue weighted by Gasteiger charge is 2.69. The van der Waals surface area contributed by atoms with Crippen LogP contribution in [0.1, 0.15) is 40.5 Å². The molecule has 1 aromatic heterocycles. The van der Waals surface area contributed by atoms with Crippen molar-refractivity contribution in [3.05, 3.63) is 22.7 Å². The van der Waals surface area contributed by atoms with E-state index in [4.69, 9.17) is 24.3 Å². The van der Waals surface area contributed by atoms with Gasteiger partial charge < -0.3 is 20.3 Å². The van der Waals surface area contributed by atoms with Crippen LogP contribution in [0, 0.1) is 17.2 Å². The number of carbonyl (C=O) groups excluding carboxylic acids is 1. The average molecular weight is 499 g/mol. The Morgan fingerprint density at radius 2 is 2.21 bits per heavy atom. The Morgan fingerprint density at radius 3 is 2.79 bits per heavy atom. The van der Waals surface area contributed by atoms with Gasteiger partial charge in [0.2, 0.25) is 0 Å². The molecule has 13 nitrogen and oxygen atoms in total. The van der Waals surface area contributed by atoms with Crippen molar-refractivity contribution in [1.29, 1.82) is 5.26 Å². The predicted molar refractivity (Wildman–Crippen MR) is 118 cm³/mol. The number of anilines is 1. The maximum Gasteiger partial charge on any atom is 0.406 e. The molecule has 6 atom stereocenters. The highest BCUT2D eigenvalue weighted by atomic mass is 31.2. The molecule has 3 rings (SSSR count). The van der Waals surface area contributed by atoms with E-state index >= 15 is 0 Å². The van der Waals surface area contributed by atoms with Gasteiger partial charge in [-0.15, -0.1) is 0 Å². The van der Waals surface area contributed by atoms with Gasteiger partial charge in [0.05, 0.1) is 13.2 Å². The van der Waals surface area contributed by atoms with Crippen LogP contribution in [0.5, 0.6) is 0 Å². The number of rotatable bonds is 8. The number of carbonyl (C=O) groups is 1. The number of nitrogens with two attached hydrogens (primary N) is 1. The van der Waals surface area contributed by atoms with Crippen molar-refractivity contribution in [2.24, 2.45) is 5.92 Å². The largest absolute Gasteiger partial charge is 0.464 e. The summed E-state index contributed by atoms with van der Waals surface area (Å²) < 4.78 is 36.0. The lowest BCUT2D eigenvalue weighted by Crippen LogP contribution is -2.58. The first-order valence-electron chi connectivity index (χ1n) is 11.0. The minimum atomic E-state index is -4.14. The Morgan fingerprint density at radius 1 is 1.53 bits per heavy atom. The average Bonchev–Trinajstić information content (AvgIpc) is 3.00. The first-order chi connectivity index (χ1) is 15.9. The second-order valence-electron chi connectivity index (χ2n) is 8.55. The van der Waals surface area contributed by atoms with E-state index < -0.39 is 49.0 Å². The van der Waals surface area contributed by atoms with Gasteiger partial charge in [0, 0.05) is 6.20 Å². The molecule has 2 aliphatic heterocycles. The van der Waals surface area contributed by atoms with Gasteiger partial charge in [0.1, 0.15) is 30.1 Å². The Kier molecular flexibility index (Phi) is 7.52. The molecular weight excluding hydrogens is 469 g/mol. The molecule has 3 heterocycles. The molecular formula is C20H30N5O8P. The fraction of sp³-hybridized carbons (Fsp3) is 0.700. The smallest absolute Gasteiger partial charge is 0.406 e. The molecule has 0 amide bonds. The van der Waals surface area contributed by atoms with Crippen LogP contribution in [-0.2, 0) is 33.6 Å². The number of hydrogen-bond donors (Lipinski definition) is 3. The molecule has 0 aromatic carbocycles. The minimum Gasteiger partial charge on any atom is -0.464 e. The first kappa shape index (κ1) is 26.3. The molecule has 2 aliphatic rings. The number of aromatic nitrogens is 2. The number of fused-ring (bicyclic) bond motifs is 1. The third-order valence-corrected chi connectivity index (χ3v) is 7.90. The van der Waals surface area contributed by atoms with Crippen LogP contribution < -0.4 is 16.5 Å². The highest BCUT2D eigenvalue weighted by Crippen LogP contribution is 2.57. The molecule has 4 N–H and O–H groups in total. The van der Waals surface area contributed by atoms with Gasteiger partial charge in [0.25, 0.3) is 5.72 Å². The second-order valence-corrected chi connectivity index (χ2v) is 10.3. The van der Waals surface area contributed by atoms with E-state index in [1.807, 2.05) is 19.9 Å². The van der Waals surface area contributed by atoms with Crippen LogP contribution in [0.4, 0.5) is 5.82 Å². The Hall–Kier alpha value is -2.33. The SMILES string of the molecule is CCC(CC)COC(=O)[C@H](C)NP1(=O)OC[C@H]2O[C@@](C#N)(n3ccc(N)nc3=O)[C@](C)(O)[C@@H]2O1. The highest BCUT2D eigenvalue weighted by molar-refractivity contribution is 7.51. The Labute approximate surface area is 196 Å². The van der Waals surface area contributed by atoms with E-state index in [-0.39, 0.29) is 24.9 Å². The number of hydrogen-bond acceptors (Lipinski definition) is 11. The van der Waals surface area contributed by atoms with E-state index in [0.29, 0.717) is 0 Å². The van der Waals surface area contributed by atoms with Crippen molar-refractivity contribution in [2.45, 2.75) is 70.1 Å². The summed E-state index contributed by atoms with van der Waals surface area (Å²) in [6.07, 6.45) is 0.455. The van der Waals surface area contributed by atoms with Crippen molar-refractivity contribution in [3.8, 4) is 6.07 Å². The van der Waals surface area contributed by atoms with Crippen molar-refractivity contribution >= 4 is 19.5 Å². The van der Waals surface area contributed by atoms with Gasteiger partial charge in [-0.2, -0.15) is 10.2 Å². The monoisotopic (exact) mass is 499 g/mol. The molecule has 1 unspecified atom stereocenters. The van der Waals surface area contributed by atoms with Gasteiger partial charge in [-0.25, -0.2) is 14.4 Å². The quantitative estimate of drug-likeness (QED) is 0.335. The molecule has 14 heteroatoms. The summed E-state index contributed by atoms with van der Waals surface area (Å²) in [6, 6.07) is 2.03. The number of nitrogen functional groups attached to an aromatic ring is 1. The zero-order valence-electron chi connectivity index (χ0n) is 19.5. The fourth-order valence-electron chi connectivity index (χ4n) is 3.96. The zero-order chi connectivity index (χ0) is 25.3. The van der Waals surface area contributed by atoms with E-state index in [1.54, 1.807) is 0 Å². The summed E-state index contributed by atoms with van der Waals surface area (Å²) in [5.74, 6) is -0.509. The minimum absolute atomic E-state index is 0.0808. The van der Waals surface area contributed by atoms with Crippen LogP contribution in [-0.4, -0.2) is 57.7 Å². The molecule has 2 fully saturated rings. The van der Waals surface area contributed by atoms with E-state index in [2.05, 4.69) is 10.1 Å². The van der Waals surface area contributed by atoms with Crippen LogP contribution >= 0.6 is 7.75 Å². The lowest BCUT2D eigenvalue weighted by atomic mass is 9.88. The molecule has 0 aliphatic carbocycles. The molecule has 0 spiro atoms. The first-order valence-corrected chi connectivity index (χ1v) is 12.5. The van der Waals surface area contributed by atoms with Crippen molar-refractivity contribution in [3.63, 3.8) is 0 Å². The third-order valence-electron chi connectivity index (χ3n) is 6.20. The Balaban J connectivity index is 1.79. The number of aliphatic hydroxyl groups is 1. The topological polar surface area (TPSA) is 188 Å². The number of nitriles is 1. The third kappa shape index (κ3) is 4.62. The summed E-state index contributed by atoms with van der Waals surface area (Å²) in [5, 5.41) is 23.8. The van der Waals surface area contributed by atoms with Gasteiger partial charge in [-0.1, -0.05) is 26.7 Å². The molecule has 1 aromatic rings. The molecule has 0 bridgehead atoms. The number of esters is 1. The summed E-state index contributed by atoms with van der Waals surface area (Å²) >= 11 is 0. The normalized spacial score (nSPS) is 33.8. The lowest BCUT2D eigenvalue weighted by Gasteiger charge is -2.38. The van der Waals surface area contributed by atoms with Crippen molar-refractivity contribution < 1.29 is 33.0 Å². The number of nitrogens with one attached hydrogen (secondary N) is 1. The van der Waals surface area contributed by atoms with E-state index in [1.165, 1.54) is 19.9 Å². The summed E-state index contributed by atoms with van der Waals surface area (Å²) in [5.41, 5.74) is 0.146. The van der Waals surface area contributed by atoms with Gasteiger partial charge in [-0.05, 0) is 25.8 Å². The lowest BCUT2D eigenvalue weighted by molar-refractivity contribution is -0.147. The standard InChI is InChI=1S/C20H30N5O8P/c1-5-13(6-2)9-30-17(26)12(3)24-34(29)31-10-14-16(33-34)19(4,28)20(11-21,32-14)25-8-7-15(22)23-18(25)27/h7-8,12-14,16,28H,5-6,9-10H2,1-4H3,(H,24,29)(H2,22,23,27)/t12-,14+,16+,19+,20+,34?/m0/s1. The van der Waals surface area contributed by atoms with Crippen LogP contribution in [0.2, 0.25) is 0 Å².